The smallest absolute Gasteiger partial charge is 0.408 e. The third-order valence-electron chi connectivity index (χ3n) is 10.2. The molecule has 3 N–H and O–H groups in total. The molecular weight excluding hydrogens is 916 g/mol. The van der Waals surface area contributed by atoms with Gasteiger partial charge in [0.1, 0.15) is 69.2 Å². The first-order chi connectivity index (χ1) is 31.8. The highest BCUT2D eigenvalue weighted by Gasteiger charge is 2.33. The molecule has 0 aliphatic carbocycles. The highest BCUT2D eigenvalue weighted by atomic mass is 35.5. The van der Waals surface area contributed by atoms with Crippen molar-refractivity contribution in [2.75, 3.05) is 37.7 Å². The van der Waals surface area contributed by atoms with E-state index in [-0.39, 0.29) is 31.7 Å². The van der Waals surface area contributed by atoms with Crippen LogP contribution in [0.25, 0.3) is 21.7 Å². The fourth-order valence-electron chi connectivity index (χ4n) is 7.05. The van der Waals surface area contributed by atoms with Crippen LogP contribution in [0.3, 0.4) is 0 Å². The average Bonchev–Trinajstić information content (AvgIpc) is 3.98. The molecule has 16 nitrogen and oxygen atoms in total. The van der Waals surface area contributed by atoms with Crippen molar-refractivity contribution in [3.63, 3.8) is 0 Å². The van der Waals surface area contributed by atoms with E-state index < -0.39 is 47.3 Å². The Balaban J connectivity index is 1.33. The van der Waals surface area contributed by atoms with Gasteiger partial charge in [-0.3, -0.25) is 4.79 Å². The first kappa shape index (κ1) is 51.9. The highest BCUT2D eigenvalue weighted by molar-refractivity contribution is 7.98. The van der Waals surface area contributed by atoms with E-state index in [4.69, 9.17) is 35.8 Å². The zero-order valence-electron chi connectivity index (χ0n) is 38.8. The summed E-state index contributed by atoms with van der Waals surface area (Å²) in [5.41, 5.74) is 1.83. The molecule has 356 valence electrons. The second-order valence-corrected chi connectivity index (χ2v) is 20.0. The third-order valence-corrected chi connectivity index (χ3v) is 12.4. The molecule has 0 spiro atoms. The Morgan fingerprint density at radius 3 is 2.15 bits per heavy atom. The number of unbranched alkanes of at least 4 members (excludes halogenated alkanes) is 1. The quantitative estimate of drug-likeness (QED) is 0.0589. The monoisotopic (exact) mass is 972 g/mol. The Bertz CT molecular complexity index is 2450. The number of pyridine rings is 1. The normalized spacial score (nSPS) is 13.4. The van der Waals surface area contributed by atoms with Gasteiger partial charge in [-0.05, 0) is 110 Å². The van der Waals surface area contributed by atoms with Gasteiger partial charge in [-0.25, -0.2) is 24.4 Å². The standard InChI is InChI=1S/C48H57ClN8O8S2/c1-30(44(59)60)57(43(58)38(54-46(62)65-48(5,6)7)12-8-9-21-52-45(61)64-47(2,3)4)24-25-63-35-19-15-31(16-20-35)39-36(26-50)40(56-22-10-11-23-56)55-42(37(39)27-51)67-29-34-28-66-41(53-34)32-13-17-33(49)18-14-32/h13-20,28,30,38H,8-12,21-25,29H2,1-7H3,(H,52,61)(H,54,62)(H,59,60)/t30-,38-/m0/s1. The van der Waals surface area contributed by atoms with Crippen LogP contribution in [0.15, 0.2) is 58.9 Å². The Labute approximate surface area is 405 Å². The molecule has 2 aromatic carbocycles. The molecule has 2 atom stereocenters. The minimum absolute atomic E-state index is 0.111. The van der Waals surface area contributed by atoms with Gasteiger partial charge in [0.2, 0.25) is 5.91 Å². The molecule has 5 rings (SSSR count). The van der Waals surface area contributed by atoms with E-state index in [1.807, 2.05) is 29.6 Å². The number of benzene rings is 2. The number of anilines is 1. The van der Waals surface area contributed by atoms with Crippen LogP contribution in [-0.4, -0.2) is 100 Å². The average molecular weight is 974 g/mol. The molecule has 1 aliphatic rings. The van der Waals surface area contributed by atoms with Gasteiger partial charge in [0.25, 0.3) is 0 Å². The van der Waals surface area contributed by atoms with Crippen LogP contribution in [0.4, 0.5) is 15.4 Å². The summed E-state index contributed by atoms with van der Waals surface area (Å²) in [7, 11) is 0. The van der Waals surface area contributed by atoms with Gasteiger partial charge in [0, 0.05) is 46.9 Å². The molecule has 4 aromatic rings. The van der Waals surface area contributed by atoms with Crippen LogP contribution in [0.1, 0.15) is 97.4 Å². The van der Waals surface area contributed by atoms with Crippen LogP contribution in [0.2, 0.25) is 5.02 Å². The van der Waals surface area contributed by atoms with E-state index in [1.54, 1.807) is 65.8 Å². The molecule has 3 amide bonds. The Hall–Kier alpha value is -6.08. The van der Waals surface area contributed by atoms with Gasteiger partial charge >= 0.3 is 18.2 Å². The van der Waals surface area contributed by atoms with Crippen molar-refractivity contribution in [1.82, 2.24) is 25.5 Å². The van der Waals surface area contributed by atoms with Crippen LogP contribution in [0, 0.1) is 22.7 Å². The molecule has 0 radical (unpaired) electrons. The number of amides is 3. The highest BCUT2D eigenvalue weighted by Crippen LogP contribution is 2.40. The number of carbonyl (C=O) groups is 4. The maximum atomic E-state index is 14.1. The Morgan fingerprint density at radius 2 is 1.54 bits per heavy atom. The lowest BCUT2D eigenvalue weighted by molar-refractivity contribution is -0.150. The molecule has 1 saturated heterocycles. The van der Waals surface area contributed by atoms with Gasteiger partial charge in [-0.2, -0.15) is 10.5 Å². The van der Waals surface area contributed by atoms with E-state index in [0.717, 1.165) is 47.1 Å². The molecular formula is C48H57ClN8O8S2. The van der Waals surface area contributed by atoms with Gasteiger partial charge < -0.3 is 39.8 Å². The zero-order chi connectivity index (χ0) is 48.9. The van der Waals surface area contributed by atoms with Crippen molar-refractivity contribution >= 4 is 64.6 Å². The number of carboxylic acid groups (broad SMARTS) is 1. The maximum Gasteiger partial charge on any atom is 0.408 e. The van der Waals surface area contributed by atoms with Gasteiger partial charge in [0.05, 0.1) is 17.8 Å². The summed E-state index contributed by atoms with van der Waals surface area (Å²) in [4.78, 5) is 64.4. The first-order valence-electron chi connectivity index (χ1n) is 22.0. The molecule has 67 heavy (non-hydrogen) atoms. The van der Waals surface area contributed by atoms with E-state index in [1.165, 1.54) is 30.0 Å². The molecule has 2 aromatic heterocycles. The number of thiazole rings is 1. The lowest BCUT2D eigenvalue weighted by atomic mass is 9.96. The molecule has 0 saturated carbocycles. The van der Waals surface area contributed by atoms with Crippen molar-refractivity contribution in [3.8, 4) is 39.6 Å². The summed E-state index contributed by atoms with van der Waals surface area (Å²) in [6, 6.07) is 16.5. The molecule has 0 bridgehead atoms. The number of nitriles is 2. The minimum Gasteiger partial charge on any atom is -0.492 e. The van der Waals surface area contributed by atoms with Crippen LogP contribution in [-0.2, 0) is 24.8 Å². The number of aliphatic carboxylic acids is 1. The predicted molar refractivity (Wildman–Crippen MR) is 258 cm³/mol. The Kier molecular flexibility index (Phi) is 18.3. The number of thioether (sulfide) groups is 1. The summed E-state index contributed by atoms with van der Waals surface area (Å²) in [6.07, 6.45) is 1.43. The number of nitrogens with one attached hydrogen (secondary N) is 2. The summed E-state index contributed by atoms with van der Waals surface area (Å²) in [5.74, 6) is -0.556. The summed E-state index contributed by atoms with van der Waals surface area (Å²) in [5, 5.41) is 40.5. The number of carboxylic acids is 1. The molecule has 3 heterocycles. The number of halogens is 1. The number of ether oxygens (including phenoxy) is 3. The van der Waals surface area contributed by atoms with Crippen molar-refractivity contribution in [2.24, 2.45) is 0 Å². The van der Waals surface area contributed by atoms with Crippen LogP contribution in [0.5, 0.6) is 5.75 Å². The predicted octanol–water partition coefficient (Wildman–Crippen LogP) is 9.43. The summed E-state index contributed by atoms with van der Waals surface area (Å²) < 4.78 is 16.8. The number of hydrogen-bond acceptors (Lipinski definition) is 14. The van der Waals surface area contributed by atoms with Crippen LogP contribution >= 0.6 is 34.7 Å². The summed E-state index contributed by atoms with van der Waals surface area (Å²) >= 11 is 8.98. The van der Waals surface area contributed by atoms with Crippen molar-refractivity contribution in [3.05, 3.63) is 75.8 Å². The van der Waals surface area contributed by atoms with Gasteiger partial charge in [0.15, 0.2) is 0 Å². The third kappa shape index (κ3) is 15.2. The van der Waals surface area contributed by atoms with Gasteiger partial charge in [-0.1, -0.05) is 47.6 Å². The van der Waals surface area contributed by atoms with E-state index in [9.17, 15) is 34.8 Å². The first-order valence-corrected chi connectivity index (χ1v) is 24.2. The molecule has 1 fully saturated rings. The van der Waals surface area contributed by atoms with Crippen molar-refractivity contribution in [1.29, 1.82) is 10.5 Å². The maximum absolute atomic E-state index is 14.1. The zero-order valence-corrected chi connectivity index (χ0v) is 41.2. The van der Waals surface area contributed by atoms with E-state index in [2.05, 4.69) is 27.7 Å². The second-order valence-electron chi connectivity index (χ2n) is 17.8. The fourth-order valence-corrected chi connectivity index (χ4v) is 8.98. The molecule has 19 heteroatoms. The lowest BCUT2D eigenvalue weighted by Gasteiger charge is -2.31. The number of alkyl carbamates (subject to hydrolysis) is 2. The largest absolute Gasteiger partial charge is 0.492 e. The van der Waals surface area contributed by atoms with Crippen molar-refractivity contribution in [2.45, 2.75) is 115 Å². The molecule has 0 unspecified atom stereocenters. The van der Waals surface area contributed by atoms with Crippen molar-refractivity contribution < 1.29 is 38.5 Å². The SMILES string of the molecule is C[C@@H](C(=O)O)N(CCOc1ccc(-c2c(C#N)c(SCc3csc(-c4ccc(Cl)cc4)n3)nc(N3CCCC3)c2C#N)cc1)C(=O)[C@H](CCCCNC(=O)OC(C)(C)C)NC(=O)OC(C)(C)C. The Morgan fingerprint density at radius 1 is 0.910 bits per heavy atom. The van der Waals surface area contributed by atoms with E-state index >= 15 is 0 Å². The number of rotatable bonds is 19. The number of hydrogen-bond donors (Lipinski definition) is 3. The summed E-state index contributed by atoms with van der Waals surface area (Å²) in [6.45, 7) is 13.1. The number of aromatic nitrogens is 2. The fraction of sp³-hybridized carbons (Fsp3) is 0.458. The second kappa shape index (κ2) is 23.6. The van der Waals surface area contributed by atoms with Crippen LogP contribution < -0.4 is 20.3 Å². The number of nitrogens with zero attached hydrogens (tertiary/aromatic N) is 6. The topological polar surface area (TPSA) is 220 Å². The van der Waals surface area contributed by atoms with Gasteiger partial charge in [-0.15, -0.1) is 11.3 Å². The lowest BCUT2D eigenvalue weighted by Crippen LogP contribution is -2.54. The molecule has 1 aliphatic heterocycles. The van der Waals surface area contributed by atoms with E-state index in [0.29, 0.717) is 56.9 Å². The minimum atomic E-state index is -1.28. The number of carbonyl (C=O) groups excluding carboxylic acids is 3.